The predicted octanol–water partition coefficient (Wildman–Crippen LogP) is 4.23. The highest BCUT2D eigenvalue weighted by Gasteiger charge is 2.49. The molecule has 0 unspecified atom stereocenters. The Kier molecular flexibility index (Phi) is 5.72. The van der Waals surface area contributed by atoms with Crippen LogP contribution in [0.25, 0.3) is 11.3 Å². The minimum absolute atomic E-state index is 0.424. The number of alkyl halides is 3. The highest BCUT2D eigenvalue weighted by Crippen LogP contribution is 2.47. The lowest BCUT2D eigenvalue weighted by Gasteiger charge is -2.19. The number of halogens is 3. The molecule has 0 saturated heterocycles. The molecule has 1 aliphatic rings. The Hall–Kier alpha value is -2.92. The Bertz CT molecular complexity index is 1210. The van der Waals surface area contributed by atoms with E-state index in [-0.39, 0.29) is 0 Å². The number of hydrogen-bond donors (Lipinski definition) is 1. The summed E-state index contributed by atoms with van der Waals surface area (Å²) in [5.41, 5.74) is 0.884. The maximum Gasteiger partial charge on any atom is 0.404 e. The van der Waals surface area contributed by atoms with Crippen molar-refractivity contribution in [3.05, 3.63) is 60.4 Å². The molecule has 0 radical (unpaired) electrons. The van der Waals surface area contributed by atoms with Gasteiger partial charge in [-0.15, -0.1) is 0 Å². The van der Waals surface area contributed by atoms with Gasteiger partial charge in [-0.25, -0.2) is 17.8 Å². The average Bonchev–Trinajstić information content (AvgIpc) is 3.37. The summed E-state index contributed by atoms with van der Waals surface area (Å²) in [6.07, 6.45) is -0.731. The van der Waals surface area contributed by atoms with E-state index in [9.17, 15) is 21.6 Å². The number of sulfonamides is 1. The standard InChI is InChI=1S/C21H21F3N4O3S/c1-2-28-19(31-17-6-10-25-11-7-17)13-18(26-28)15-4-3-5-16(12-15)20(8-9-20)27-32(29,30)14-21(22,23)24/h3-7,10-13,27H,2,8-9,14H2,1H3. The maximum atomic E-state index is 12.6. The highest BCUT2D eigenvalue weighted by atomic mass is 32.2. The molecule has 3 aromatic rings. The van der Waals surface area contributed by atoms with Crippen molar-refractivity contribution in [2.75, 3.05) is 5.75 Å². The molecule has 0 bridgehead atoms. The second-order valence-corrected chi connectivity index (χ2v) is 9.33. The minimum atomic E-state index is -4.80. The topological polar surface area (TPSA) is 86.1 Å². The molecule has 0 atom stereocenters. The van der Waals surface area contributed by atoms with Gasteiger partial charge in [0.15, 0.2) is 5.75 Å². The Morgan fingerprint density at radius 3 is 2.50 bits per heavy atom. The lowest BCUT2D eigenvalue weighted by molar-refractivity contribution is -0.106. The third kappa shape index (κ3) is 5.10. The number of aromatic nitrogens is 3. The van der Waals surface area contributed by atoms with Crippen LogP contribution in [-0.2, 0) is 22.1 Å². The van der Waals surface area contributed by atoms with Crippen LogP contribution in [0, 0.1) is 0 Å². The van der Waals surface area contributed by atoms with Gasteiger partial charge < -0.3 is 4.74 Å². The molecule has 2 aromatic heterocycles. The smallest absolute Gasteiger partial charge is 0.404 e. The van der Waals surface area contributed by atoms with Gasteiger partial charge >= 0.3 is 6.18 Å². The number of ether oxygens (including phenoxy) is 1. The summed E-state index contributed by atoms with van der Waals surface area (Å²) in [5.74, 6) is -0.782. The van der Waals surface area contributed by atoms with E-state index in [2.05, 4.69) is 14.8 Å². The summed E-state index contributed by atoms with van der Waals surface area (Å²) in [6, 6.07) is 12.2. The van der Waals surface area contributed by atoms with Crippen molar-refractivity contribution in [2.45, 2.75) is 38.0 Å². The van der Waals surface area contributed by atoms with E-state index in [0.717, 1.165) is 0 Å². The van der Waals surface area contributed by atoms with Gasteiger partial charge in [-0.2, -0.15) is 18.3 Å². The van der Waals surface area contributed by atoms with Gasteiger partial charge in [0, 0.05) is 30.6 Å². The second kappa shape index (κ2) is 8.21. The molecule has 32 heavy (non-hydrogen) atoms. The van der Waals surface area contributed by atoms with Gasteiger partial charge in [0.25, 0.3) is 0 Å². The van der Waals surface area contributed by atoms with Crippen molar-refractivity contribution < 1.29 is 26.3 Å². The summed E-state index contributed by atoms with van der Waals surface area (Å²) in [5, 5.41) is 4.55. The Balaban J connectivity index is 1.60. The number of hydrogen-bond acceptors (Lipinski definition) is 5. The zero-order chi connectivity index (χ0) is 23.0. The number of benzene rings is 1. The van der Waals surface area contributed by atoms with Crippen LogP contribution in [0.5, 0.6) is 11.6 Å². The number of aryl methyl sites for hydroxylation is 1. The third-order valence-electron chi connectivity index (χ3n) is 5.08. The molecule has 4 rings (SSSR count). The van der Waals surface area contributed by atoms with Crippen molar-refractivity contribution in [3.8, 4) is 22.9 Å². The molecule has 11 heteroatoms. The van der Waals surface area contributed by atoms with Crippen LogP contribution in [0.15, 0.2) is 54.9 Å². The van der Waals surface area contributed by atoms with E-state index in [1.54, 1.807) is 53.5 Å². The highest BCUT2D eigenvalue weighted by molar-refractivity contribution is 7.89. The van der Waals surface area contributed by atoms with E-state index in [4.69, 9.17) is 4.74 Å². The molecule has 1 aliphatic carbocycles. The Labute approximate surface area is 183 Å². The first-order valence-corrected chi connectivity index (χ1v) is 11.6. The molecule has 1 aromatic carbocycles. The Morgan fingerprint density at radius 1 is 1.16 bits per heavy atom. The lowest BCUT2D eigenvalue weighted by atomic mass is 10.0. The molecule has 0 spiro atoms. The number of nitrogens with zero attached hydrogens (tertiary/aromatic N) is 3. The normalized spacial score (nSPS) is 15.5. The molecule has 0 amide bonds. The maximum absolute atomic E-state index is 12.6. The summed E-state index contributed by atoms with van der Waals surface area (Å²) in [6.45, 7) is 2.47. The number of rotatable bonds is 8. The fourth-order valence-electron chi connectivity index (χ4n) is 3.48. The van der Waals surface area contributed by atoms with Gasteiger partial charge in [0.2, 0.25) is 15.9 Å². The molecule has 2 heterocycles. The van der Waals surface area contributed by atoms with Crippen LogP contribution in [0.2, 0.25) is 0 Å². The molecule has 1 saturated carbocycles. The molecular weight excluding hydrogens is 445 g/mol. The van der Waals surface area contributed by atoms with Crippen LogP contribution in [0.4, 0.5) is 13.2 Å². The van der Waals surface area contributed by atoms with E-state index < -0.39 is 27.5 Å². The second-order valence-electron chi connectivity index (χ2n) is 7.61. The van der Waals surface area contributed by atoms with E-state index >= 15 is 0 Å². The molecule has 170 valence electrons. The molecule has 0 aliphatic heterocycles. The molecular formula is C21H21F3N4O3S. The van der Waals surface area contributed by atoms with E-state index in [1.165, 1.54) is 0 Å². The zero-order valence-corrected chi connectivity index (χ0v) is 17.9. The molecule has 1 N–H and O–H groups in total. The van der Waals surface area contributed by atoms with Crippen molar-refractivity contribution >= 4 is 10.0 Å². The van der Waals surface area contributed by atoms with Crippen molar-refractivity contribution in [3.63, 3.8) is 0 Å². The van der Waals surface area contributed by atoms with Crippen LogP contribution in [0.3, 0.4) is 0 Å². The SMILES string of the molecule is CCn1nc(-c2cccc(C3(NS(=O)(=O)CC(F)(F)F)CC3)c2)cc1Oc1ccncc1. The fourth-order valence-corrected chi connectivity index (χ4v) is 4.90. The third-order valence-corrected chi connectivity index (χ3v) is 6.49. The molecule has 1 fully saturated rings. The van der Waals surface area contributed by atoms with Gasteiger partial charge in [-0.05, 0) is 43.5 Å². The predicted molar refractivity (Wildman–Crippen MR) is 112 cm³/mol. The largest absolute Gasteiger partial charge is 0.439 e. The van der Waals surface area contributed by atoms with Gasteiger partial charge in [0.1, 0.15) is 5.75 Å². The van der Waals surface area contributed by atoms with Crippen molar-refractivity contribution in [1.29, 1.82) is 0 Å². The Morgan fingerprint density at radius 2 is 1.88 bits per heavy atom. The minimum Gasteiger partial charge on any atom is -0.439 e. The van der Waals surface area contributed by atoms with Crippen molar-refractivity contribution in [1.82, 2.24) is 19.5 Å². The van der Waals surface area contributed by atoms with Crippen LogP contribution < -0.4 is 9.46 Å². The summed E-state index contributed by atoms with van der Waals surface area (Å²) in [7, 11) is -4.52. The fraction of sp³-hybridized carbons (Fsp3) is 0.333. The van der Waals surface area contributed by atoms with Gasteiger partial charge in [0.05, 0.1) is 11.2 Å². The first-order chi connectivity index (χ1) is 15.1. The number of nitrogens with one attached hydrogen (secondary N) is 1. The number of pyridine rings is 1. The van der Waals surface area contributed by atoms with E-state index in [1.807, 2.05) is 13.0 Å². The quantitative estimate of drug-likeness (QED) is 0.537. The van der Waals surface area contributed by atoms with Crippen LogP contribution >= 0.6 is 0 Å². The first-order valence-electron chi connectivity index (χ1n) is 9.94. The van der Waals surface area contributed by atoms with E-state index in [0.29, 0.717) is 47.8 Å². The average molecular weight is 466 g/mol. The summed E-state index contributed by atoms with van der Waals surface area (Å²) in [4.78, 5) is 3.95. The summed E-state index contributed by atoms with van der Waals surface area (Å²) < 4.78 is 71.7. The lowest BCUT2D eigenvalue weighted by Crippen LogP contribution is -2.40. The summed E-state index contributed by atoms with van der Waals surface area (Å²) >= 11 is 0. The molecule has 7 nitrogen and oxygen atoms in total. The van der Waals surface area contributed by atoms with Crippen LogP contribution in [-0.4, -0.2) is 35.1 Å². The van der Waals surface area contributed by atoms with Gasteiger partial charge in [-0.1, -0.05) is 18.2 Å². The first kappa shape index (κ1) is 22.3. The van der Waals surface area contributed by atoms with Gasteiger partial charge in [-0.3, -0.25) is 4.98 Å². The van der Waals surface area contributed by atoms with Crippen LogP contribution in [0.1, 0.15) is 25.3 Å². The zero-order valence-electron chi connectivity index (χ0n) is 17.1. The van der Waals surface area contributed by atoms with Crippen molar-refractivity contribution in [2.24, 2.45) is 0 Å². The monoisotopic (exact) mass is 466 g/mol.